The Balaban J connectivity index is 2.05. The average Bonchev–Trinajstić information content (AvgIpc) is 2.81. The van der Waals surface area contributed by atoms with Crippen LogP contribution in [0.1, 0.15) is 36.8 Å². The van der Waals surface area contributed by atoms with Crippen LogP contribution in [0.15, 0.2) is 77.6 Å². The number of aromatic carboxylic acids is 3. The summed E-state index contributed by atoms with van der Waals surface area (Å²) < 4.78 is 1.11. The highest BCUT2D eigenvalue weighted by atomic mass is 16.4. The summed E-state index contributed by atoms with van der Waals surface area (Å²) in [6.45, 7) is -0.114. The van der Waals surface area contributed by atoms with Crippen LogP contribution in [0.4, 0.5) is 0 Å². The van der Waals surface area contributed by atoms with Crippen molar-refractivity contribution >= 4 is 28.7 Å². The average molecular weight is 443 g/mol. The van der Waals surface area contributed by atoms with Crippen LogP contribution in [0.25, 0.3) is 21.9 Å². The normalized spacial score (nSPS) is 10.8. The number of benzene rings is 3. The van der Waals surface area contributed by atoms with Gasteiger partial charge in [-0.3, -0.25) is 9.36 Å². The fourth-order valence-electron chi connectivity index (χ4n) is 3.79. The number of carboxylic acids is 3. The molecule has 0 aliphatic rings. The number of aromatic nitrogens is 1. The summed E-state index contributed by atoms with van der Waals surface area (Å²) >= 11 is 0. The third-order valence-electron chi connectivity index (χ3n) is 5.32. The number of hydrogen-bond donors (Lipinski definition) is 3. The van der Waals surface area contributed by atoms with Gasteiger partial charge in [-0.15, -0.1) is 0 Å². The molecule has 0 aliphatic heterocycles. The molecular formula is C25H17NO7. The molecule has 3 aromatic carbocycles. The number of nitrogens with zero attached hydrogens (tertiary/aromatic N) is 1. The van der Waals surface area contributed by atoms with Gasteiger partial charge in [0.1, 0.15) is 5.69 Å². The standard InChI is InChI=1S/C25H17NO7/c27-22-18-11-10-17(24(30)31)12-19(18)20(15-4-2-1-3-5-15)21(25(32)33)26(22)13-14-6-8-16(9-7-14)23(28)29/h1-12H,13H2,(H,28,29)(H,30,31)(H,32,33). The van der Waals surface area contributed by atoms with Crippen molar-refractivity contribution in [2.45, 2.75) is 6.54 Å². The van der Waals surface area contributed by atoms with Gasteiger partial charge in [0.25, 0.3) is 5.56 Å². The first kappa shape index (κ1) is 21.5. The van der Waals surface area contributed by atoms with Crippen LogP contribution in [0.5, 0.6) is 0 Å². The van der Waals surface area contributed by atoms with Crippen molar-refractivity contribution in [2.24, 2.45) is 0 Å². The number of fused-ring (bicyclic) bond motifs is 1. The second-order valence-corrected chi connectivity index (χ2v) is 7.35. The predicted octanol–water partition coefficient (Wildman–Crippen LogP) is 3.81. The smallest absolute Gasteiger partial charge is 0.353 e. The second-order valence-electron chi connectivity index (χ2n) is 7.35. The molecule has 8 nitrogen and oxygen atoms in total. The summed E-state index contributed by atoms with van der Waals surface area (Å²) in [7, 11) is 0. The first-order valence-corrected chi connectivity index (χ1v) is 9.82. The molecule has 0 bridgehead atoms. The summed E-state index contributed by atoms with van der Waals surface area (Å²) in [6.07, 6.45) is 0. The summed E-state index contributed by atoms with van der Waals surface area (Å²) in [4.78, 5) is 48.4. The van der Waals surface area contributed by atoms with Crippen molar-refractivity contribution in [1.82, 2.24) is 4.57 Å². The monoisotopic (exact) mass is 443 g/mol. The second kappa shape index (κ2) is 8.43. The van der Waals surface area contributed by atoms with Gasteiger partial charge in [0.05, 0.1) is 17.7 Å². The maximum Gasteiger partial charge on any atom is 0.353 e. The molecule has 0 aliphatic carbocycles. The lowest BCUT2D eigenvalue weighted by molar-refractivity contribution is 0.0678. The van der Waals surface area contributed by atoms with Gasteiger partial charge in [0, 0.05) is 10.9 Å². The molecule has 164 valence electrons. The zero-order chi connectivity index (χ0) is 23.7. The third-order valence-corrected chi connectivity index (χ3v) is 5.32. The molecule has 0 atom stereocenters. The molecule has 1 aromatic heterocycles. The van der Waals surface area contributed by atoms with Gasteiger partial charge in [0.2, 0.25) is 0 Å². The fraction of sp³-hybridized carbons (Fsp3) is 0.0400. The first-order valence-electron chi connectivity index (χ1n) is 9.82. The topological polar surface area (TPSA) is 134 Å². The van der Waals surface area contributed by atoms with Gasteiger partial charge in [-0.1, -0.05) is 42.5 Å². The molecule has 0 saturated carbocycles. The highest BCUT2D eigenvalue weighted by molar-refractivity contribution is 6.08. The molecule has 8 heteroatoms. The summed E-state index contributed by atoms with van der Waals surface area (Å²) in [5, 5.41) is 29.0. The van der Waals surface area contributed by atoms with Gasteiger partial charge >= 0.3 is 17.9 Å². The van der Waals surface area contributed by atoms with E-state index in [2.05, 4.69) is 0 Å². The van der Waals surface area contributed by atoms with Crippen LogP contribution in [-0.2, 0) is 6.54 Å². The SMILES string of the molecule is O=C(O)c1ccc(Cn2c(C(=O)O)c(-c3ccccc3)c3cc(C(=O)O)ccc3c2=O)cc1. The minimum absolute atomic E-state index is 0.0641. The molecule has 0 fully saturated rings. The lowest BCUT2D eigenvalue weighted by atomic mass is 9.95. The van der Waals surface area contributed by atoms with Crippen molar-refractivity contribution in [3.8, 4) is 11.1 Å². The summed E-state index contributed by atoms with van der Waals surface area (Å²) in [6, 6.07) is 18.3. The minimum atomic E-state index is -1.35. The Bertz CT molecular complexity index is 1470. The number of rotatable bonds is 6. The van der Waals surface area contributed by atoms with Crippen molar-refractivity contribution in [1.29, 1.82) is 0 Å². The Hall–Kier alpha value is -4.72. The van der Waals surface area contributed by atoms with E-state index in [9.17, 15) is 29.4 Å². The van der Waals surface area contributed by atoms with Crippen molar-refractivity contribution in [3.63, 3.8) is 0 Å². The Kier molecular flexibility index (Phi) is 5.49. The molecule has 4 rings (SSSR count). The highest BCUT2D eigenvalue weighted by Gasteiger charge is 2.24. The third kappa shape index (κ3) is 3.97. The largest absolute Gasteiger partial charge is 0.478 e. The minimum Gasteiger partial charge on any atom is -0.478 e. The predicted molar refractivity (Wildman–Crippen MR) is 120 cm³/mol. The van der Waals surface area contributed by atoms with E-state index in [1.54, 1.807) is 30.3 Å². The number of hydrogen-bond acceptors (Lipinski definition) is 4. The van der Waals surface area contributed by atoms with Crippen LogP contribution in [0.3, 0.4) is 0 Å². The van der Waals surface area contributed by atoms with E-state index in [4.69, 9.17) is 5.11 Å². The van der Waals surface area contributed by atoms with Crippen LogP contribution < -0.4 is 5.56 Å². The maximum atomic E-state index is 13.4. The number of pyridine rings is 1. The first-order chi connectivity index (χ1) is 15.8. The molecular weight excluding hydrogens is 426 g/mol. The van der Waals surface area contributed by atoms with Gasteiger partial charge in [0.15, 0.2) is 0 Å². The Morgan fingerprint density at radius 2 is 1.30 bits per heavy atom. The quantitative estimate of drug-likeness (QED) is 0.412. The molecule has 1 heterocycles. The molecule has 0 radical (unpaired) electrons. The van der Waals surface area contributed by atoms with Crippen molar-refractivity contribution in [2.75, 3.05) is 0 Å². The van der Waals surface area contributed by atoms with Gasteiger partial charge in [-0.05, 0) is 46.8 Å². The van der Waals surface area contributed by atoms with E-state index in [1.807, 2.05) is 0 Å². The Morgan fingerprint density at radius 1 is 0.697 bits per heavy atom. The summed E-state index contributed by atoms with van der Waals surface area (Å²) in [5.41, 5.74) is 0.377. The van der Waals surface area contributed by atoms with E-state index in [0.29, 0.717) is 11.1 Å². The maximum absolute atomic E-state index is 13.4. The molecule has 4 aromatic rings. The van der Waals surface area contributed by atoms with E-state index in [0.717, 1.165) is 4.57 Å². The molecule has 0 unspecified atom stereocenters. The fourth-order valence-corrected chi connectivity index (χ4v) is 3.79. The van der Waals surface area contributed by atoms with Crippen LogP contribution in [0.2, 0.25) is 0 Å². The Morgan fingerprint density at radius 3 is 1.88 bits per heavy atom. The molecule has 3 N–H and O–H groups in total. The lowest BCUT2D eigenvalue weighted by Gasteiger charge is -2.18. The van der Waals surface area contributed by atoms with E-state index >= 15 is 0 Å². The van der Waals surface area contributed by atoms with E-state index in [1.165, 1.54) is 42.5 Å². The highest BCUT2D eigenvalue weighted by Crippen LogP contribution is 2.32. The zero-order valence-corrected chi connectivity index (χ0v) is 17.1. The van der Waals surface area contributed by atoms with E-state index < -0.39 is 23.5 Å². The number of carbonyl (C=O) groups is 3. The van der Waals surface area contributed by atoms with Crippen molar-refractivity contribution in [3.05, 3.63) is 106 Å². The van der Waals surface area contributed by atoms with Gasteiger partial charge in [-0.25, -0.2) is 14.4 Å². The van der Waals surface area contributed by atoms with Crippen LogP contribution >= 0.6 is 0 Å². The number of carboxylic acid groups (broad SMARTS) is 3. The molecule has 33 heavy (non-hydrogen) atoms. The molecule has 0 spiro atoms. The van der Waals surface area contributed by atoms with Crippen LogP contribution in [-0.4, -0.2) is 37.8 Å². The van der Waals surface area contributed by atoms with E-state index in [-0.39, 0.29) is 39.7 Å². The lowest BCUT2D eigenvalue weighted by Crippen LogP contribution is -2.28. The van der Waals surface area contributed by atoms with Gasteiger partial charge < -0.3 is 15.3 Å². The molecule has 0 saturated heterocycles. The van der Waals surface area contributed by atoms with Crippen LogP contribution in [0, 0.1) is 0 Å². The van der Waals surface area contributed by atoms with Gasteiger partial charge in [-0.2, -0.15) is 0 Å². The Labute approximate surface area is 186 Å². The molecule has 0 amide bonds. The zero-order valence-electron chi connectivity index (χ0n) is 17.1. The van der Waals surface area contributed by atoms with Crippen molar-refractivity contribution < 1.29 is 29.7 Å². The summed E-state index contributed by atoms with van der Waals surface area (Å²) in [5.74, 6) is -3.65.